The van der Waals surface area contributed by atoms with Gasteiger partial charge >= 0.3 is 0 Å². The van der Waals surface area contributed by atoms with E-state index in [0.29, 0.717) is 30.3 Å². The standard InChI is InChI=1S/C21H30N2O4S/c1-15-6-8-16(9-7-15)28(25,26)22-19-14-20(23-10-12-27-13-11-23)21(24)18-5-3-2-4-17(18)19/h6-9,17-20,22H,2-5,10-14H2,1H3. The highest BCUT2D eigenvalue weighted by Gasteiger charge is 2.47. The molecule has 2 aliphatic carbocycles. The molecule has 7 heteroatoms. The van der Waals surface area contributed by atoms with Gasteiger partial charge in [0.15, 0.2) is 5.78 Å². The molecule has 154 valence electrons. The Morgan fingerprint density at radius 1 is 1.07 bits per heavy atom. The van der Waals surface area contributed by atoms with Gasteiger partial charge < -0.3 is 4.74 Å². The zero-order valence-electron chi connectivity index (χ0n) is 16.5. The van der Waals surface area contributed by atoms with E-state index in [1.165, 1.54) is 0 Å². The van der Waals surface area contributed by atoms with Crippen molar-refractivity contribution in [3.8, 4) is 0 Å². The van der Waals surface area contributed by atoms with Crippen molar-refractivity contribution in [2.24, 2.45) is 11.8 Å². The summed E-state index contributed by atoms with van der Waals surface area (Å²) in [4.78, 5) is 15.7. The third-order valence-electron chi connectivity index (χ3n) is 6.63. The summed E-state index contributed by atoms with van der Waals surface area (Å²) >= 11 is 0. The second-order valence-electron chi connectivity index (χ2n) is 8.40. The molecule has 1 N–H and O–H groups in total. The minimum absolute atomic E-state index is 0.0268. The minimum Gasteiger partial charge on any atom is -0.379 e. The number of aryl methyl sites for hydroxylation is 1. The zero-order chi connectivity index (χ0) is 19.7. The van der Waals surface area contributed by atoms with Crippen LogP contribution in [0, 0.1) is 18.8 Å². The molecule has 2 saturated carbocycles. The van der Waals surface area contributed by atoms with E-state index in [-0.39, 0.29) is 23.9 Å². The number of rotatable bonds is 4. The zero-order valence-corrected chi connectivity index (χ0v) is 17.3. The summed E-state index contributed by atoms with van der Waals surface area (Å²) in [6.07, 6.45) is 4.49. The molecule has 1 heterocycles. The van der Waals surface area contributed by atoms with Crippen LogP contribution < -0.4 is 4.72 Å². The molecule has 4 unspecified atom stereocenters. The number of fused-ring (bicyclic) bond motifs is 1. The third kappa shape index (κ3) is 4.03. The van der Waals surface area contributed by atoms with Crippen molar-refractivity contribution < 1.29 is 17.9 Å². The van der Waals surface area contributed by atoms with Crippen LogP contribution in [0.3, 0.4) is 0 Å². The molecule has 1 aromatic rings. The normalized spacial score (nSPS) is 32.1. The van der Waals surface area contributed by atoms with E-state index in [2.05, 4.69) is 9.62 Å². The number of ketones is 1. The Hall–Kier alpha value is -1.28. The molecular weight excluding hydrogens is 376 g/mol. The van der Waals surface area contributed by atoms with Gasteiger partial charge in [-0.05, 0) is 44.2 Å². The molecule has 3 fully saturated rings. The fraction of sp³-hybridized carbons (Fsp3) is 0.667. The minimum atomic E-state index is -3.60. The van der Waals surface area contributed by atoms with E-state index in [1.807, 2.05) is 19.1 Å². The molecule has 1 aliphatic heterocycles. The molecule has 1 saturated heterocycles. The highest BCUT2D eigenvalue weighted by molar-refractivity contribution is 7.89. The number of ether oxygens (including phenoxy) is 1. The van der Waals surface area contributed by atoms with E-state index >= 15 is 0 Å². The van der Waals surface area contributed by atoms with Gasteiger partial charge in [-0.3, -0.25) is 9.69 Å². The van der Waals surface area contributed by atoms with Crippen molar-refractivity contribution >= 4 is 15.8 Å². The van der Waals surface area contributed by atoms with Crippen LogP contribution in [0.5, 0.6) is 0 Å². The lowest BCUT2D eigenvalue weighted by Gasteiger charge is -2.47. The molecule has 0 spiro atoms. The van der Waals surface area contributed by atoms with Gasteiger partial charge in [0.25, 0.3) is 0 Å². The number of nitrogens with one attached hydrogen (secondary N) is 1. The Bertz CT molecular complexity index is 802. The number of carbonyl (C=O) groups excluding carboxylic acids is 1. The van der Waals surface area contributed by atoms with Gasteiger partial charge in [0.2, 0.25) is 10.0 Å². The Balaban J connectivity index is 1.58. The molecule has 4 atom stereocenters. The fourth-order valence-electron chi connectivity index (χ4n) is 5.11. The molecule has 1 aromatic carbocycles. The number of carbonyl (C=O) groups is 1. The molecule has 0 aromatic heterocycles. The SMILES string of the molecule is Cc1ccc(S(=O)(=O)NC2CC(N3CCOCC3)C(=O)C3CCCCC23)cc1. The summed E-state index contributed by atoms with van der Waals surface area (Å²) in [5, 5.41) is 0. The molecule has 4 rings (SSSR count). The van der Waals surface area contributed by atoms with Gasteiger partial charge in [0, 0.05) is 25.0 Å². The van der Waals surface area contributed by atoms with Crippen LogP contribution in [0.15, 0.2) is 29.2 Å². The van der Waals surface area contributed by atoms with Crippen LogP contribution in [0.1, 0.15) is 37.7 Å². The van der Waals surface area contributed by atoms with Crippen molar-refractivity contribution in [1.82, 2.24) is 9.62 Å². The van der Waals surface area contributed by atoms with E-state index in [1.54, 1.807) is 12.1 Å². The van der Waals surface area contributed by atoms with E-state index in [0.717, 1.165) is 44.3 Å². The number of morpholine rings is 1. The highest BCUT2D eigenvalue weighted by Crippen LogP contribution is 2.40. The maximum atomic E-state index is 13.2. The highest BCUT2D eigenvalue weighted by atomic mass is 32.2. The van der Waals surface area contributed by atoms with Crippen LogP contribution in [-0.4, -0.2) is 57.5 Å². The summed E-state index contributed by atoms with van der Waals surface area (Å²) in [6, 6.07) is 6.56. The maximum Gasteiger partial charge on any atom is 0.240 e. The first-order chi connectivity index (χ1) is 13.5. The van der Waals surface area contributed by atoms with Crippen LogP contribution in [0.2, 0.25) is 0 Å². The lowest BCUT2D eigenvalue weighted by atomic mass is 9.66. The Labute approximate surface area is 167 Å². The van der Waals surface area contributed by atoms with Gasteiger partial charge in [-0.1, -0.05) is 30.5 Å². The molecule has 28 heavy (non-hydrogen) atoms. The lowest BCUT2D eigenvalue weighted by molar-refractivity contribution is -0.138. The summed E-state index contributed by atoms with van der Waals surface area (Å²) in [7, 11) is -3.60. The molecule has 0 bridgehead atoms. The van der Waals surface area contributed by atoms with Gasteiger partial charge in [-0.2, -0.15) is 0 Å². The van der Waals surface area contributed by atoms with Crippen molar-refractivity contribution in [1.29, 1.82) is 0 Å². The predicted octanol–water partition coefficient (Wildman–Crippen LogP) is 2.12. The number of sulfonamides is 1. The second kappa shape index (κ2) is 8.22. The summed E-state index contributed by atoms with van der Waals surface area (Å²) < 4.78 is 34.5. The molecule has 3 aliphatic rings. The van der Waals surface area contributed by atoms with Crippen molar-refractivity contribution in [3.05, 3.63) is 29.8 Å². The van der Waals surface area contributed by atoms with Gasteiger partial charge in [-0.15, -0.1) is 0 Å². The first-order valence-electron chi connectivity index (χ1n) is 10.4. The number of nitrogens with zero attached hydrogens (tertiary/aromatic N) is 1. The Kier molecular flexibility index (Phi) is 5.88. The van der Waals surface area contributed by atoms with Crippen molar-refractivity contribution in [2.75, 3.05) is 26.3 Å². The summed E-state index contributed by atoms with van der Waals surface area (Å²) in [5.41, 5.74) is 1.03. The van der Waals surface area contributed by atoms with E-state index in [9.17, 15) is 13.2 Å². The number of Topliss-reactive ketones (excluding diaryl/α,β-unsaturated/α-hetero) is 1. The quantitative estimate of drug-likeness (QED) is 0.829. The first kappa shape index (κ1) is 20.0. The predicted molar refractivity (Wildman–Crippen MR) is 107 cm³/mol. The fourth-order valence-corrected chi connectivity index (χ4v) is 6.41. The second-order valence-corrected chi connectivity index (χ2v) is 10.1. The largest absolute Gasteiger partial charge is 0.379 e. The van der Waals surface area contributed by atoms with E-state index in [4.69, 9.17) is 4.74 Å². The number of hydrogen-bond donors (Lipinski definition) is 1. The summed E-state index contributed by atoms with van der Waals surface area (Å²) in [5.74, 6) is 0.400. The first-order valence-corrected chi connectivity index (χ1v) is 11.9. The van der Waals surface area contributed by atoms with Crippen LogP contribution in [0.25, 0.3) is 0 Å². The van der Waals surface area contributed by atoms with Crippen molar-refractivity contribution in [2.45, 2.75) is 56.0 Å². The topological polar surface area (TPSA) is 75.7 Å². The van der Waals surface area contributed by atoms with E-state index < -0.39 is 10.0 Å². The summed E-state index contributed by atoms with van der Waals surface area (Å²) in [6.45, 7) is 4.70. The third-order valence-corrected chi connectivity index (χ3v) is 8.14. The molecular formula is C21H30N2O4S. The molecule has 0 radical (unpaired) electrons. The van der Waals surface area contributed by atoms with Gasteiger partial charge in [0.05, 0.1) is 24.2 Å². The maximum absolute atomic E-state index is 13.2. The van der Waals surface area contributed by atoms with Gasteiger partial charge in [-0.25, -0.2) is 13.1 Å². The Morgan fingerprint density at radius 3 is 2.46 bits per heavy atom. The van der Waals surface area contributed by atoms with Crippen LogP contribution in [-0.2, 0) is 19.6 Å². The van der Waals surface area contributed by atoms with Crippen LogP contribution in [0.4, 0.5) is 0 Å². The van der Waals surface area contributed by atoms with Crippen molar-refractivity contribution in [3.63, 3.8) is 0 Å². The Morgan fingerprint density at radius 2 is 1.75 bits per heavy atom. The monoisotopic (exact) mass is 406 g/mol. The van der Waals surface area contributed by atoms with Gasteiger partial charge in [0.1, 0.15) is 0 Å². The molecule has 0 amide bonds. The lowest BCUT2D eigenvalue weighted by Crippen LogP contribution is -2.60. The molecule has 6 nitrogen and oxygen atoms in total. The number of hydrogen-bond acceptors (Lipinski definition) is 5. The average Bonchev–Trinajstić information content (AvgIpc) is 2.71. The smallest absolute Gasteiger partial charge is 0.240 e. The van der Waals surface area contributed by atoms with Crippen LogP contribution >= 0.6 is 0 Å². The average molecular weight is 407 g/mol. The number of benzene rings is 1.